The summed E-state index contributed by atoms with van der Waals surface area (Å²) in [6.45, 7) is 4.80. The van der Waals surface area contributed by atoms with Crippen molar-refractivity contribution in [1.29, 1.82) is 0 Å². The molecule has 2 nitrogen and oxygen atoms in total. The summed E-state index contributed by atoms with van der Waals surface area (Å²) in [5.74, 6) is 2.66. The maximum atomic E-state index is 5.36. The van der Waals surface area contributed by atoms with Gasteiger partial charge >= 0.3 is 0 Å². The highest BCUT2D eigenvalue weighted by Gasteiger charge is 2.32. The maximum absolute atomic E-state index is 5.36. The quantitative estimate of drug-likeness (QED) is 0.895. The number of methoxy groups -OCH3 is 1. The minimum atomic E-state index is 0.544. The van der Waals surface area contributed by atoms with Gasteiger partial charge in [-0.15, -0.1) is 0 Å². The van der Waals surface area contributed by atoms with Crippen molar-refractivity contribution in [2.75, 3.05) is 7.11 Å². The second-order valence-electron chi connectivity index (χ2n) is 6.70. The summed E-state index contributed by atoms with van der Waals surface area (Å²) in [6, 6.07) is 7.85. The Morgan fingerprint density at radius 1 is 1.15 bits per heavy atom. The summed E-state index contributed by atoms with van der Waals surface area (Å²) in [4.78, 5) is 0. The van der Waals surface area contributed by atoms with Crippen LogP contribution in [0.25, 0.3) is 0 Å². The Kier molecular flexibility index (Phi) is 4.02. The van der Waals surface area contributed by atoms with Crippen molar-refractivity contribution in [3.8, 4) is 5.75 Å². The number of aryl methyl sites for hydroxylation is 1. The summed E-state index contributed by atoms with van der Waals surface area (Å²) in [5.41, 5.74) is 2.98. The zero-order chi connectivity index (χ0) is 14.1. The van der Waals surface area contributed by atoms with Crippen LogP contribution in [0, 0.1) is 11.8 Å². The zero-order valence-electron chi connectivity index (χ0n) is 13.0. The number of hydrogen-bond donors (Lipinski definition) is 1. The maximum Gasteiger partial charge on any atom is 0.119 e. The van der Waals surface area contributed by atoms with Crippen LogP contribution in [0.15, 0.2) is 18.2 Å². The Morgan fingerprint density at radius 3 is 2.70 bits per heavy atom. The molecule has 0 spiro atoms. The van der Waals surface area contributed by atoms with Gasteiger partial charge in [-0.3, -0.25) is 0 Å². The molecule has 0 heterocycles. The number of fused-ring (bicyclic) bond motifs is 1. The standard InChI is InChI=1S/C18H27NO/c1-12-7-10-17(13(12)2)19-18-6-4-5-14-11-15(20-3)8-9-16(14)18/h8-9,11-13,17-19H,4-7,10H2,1-3H3. The third-order valence-corrected chi connectivity index (χ3v) is 5.54. The van der Waals surface area contributed by atoms with E-state index in [1.54, 1.807) is 7.11 Å². The van der Waals surface area contributed by atoms with Crippen LogP contribution < -0.4 is 10.1 Å². The molecule has 4 unspecified atom stereocenters. The average Bonchev–Trinajstić information content (AvgIpc) is 2.79. The van der Waals surface area contributed by atoms with Crippen LogP contribution in [0.4, 0.5) is 0 Å². The van der Waals surface area contributed by atoms with Gasteiger partial charge in [0.15, 0.2) is 0 Å². The second kappa shape index (κ2) is 5.77. The first-order chi connectivity index (χ1) is 9.69. The minimum absolute atomic E-state index is 0.544. The molecular formula is C18H27NO. The average molecular weight is 273 g/mol. The van der Waals surface area contributed by atoms with Gasteiger partial charge in [-0.2, -0.15) is 0 Å². The van der Waals surface area contributed by atoms with Crippen LogP contribution in [0.1, 0.15) is 56.7 Å². The summed E-state index contributed by atoms with van der Waals surface area (Å²) in [5, 5.41) is 3.95. The molecule has 0 aromatic heterocycles. The molecule has 1 fully saturated rings. The predicted molar refractivity (Wildman–Crippen MR) is 83.2 cm³/mol. The molecule has 1 aromatic rings. The first-order valence-corrected chi connectivity index (χ1v) is 8.12. The molecule has 4 atom stereocenters. The lowest BCUT2D eigenvalue weighted by Gasteiger charge is -2.31. The van der Waals surface area contributed by atoms with Gasteiger partial charge in [0.1, 0.15) is 5.75 Å². The third kappa shape index (κ3) is 2.58. The van der Waals surface area contributed by atoms with E-state index in [1.165, 1.54) is 43.2 Å². The Labute approximate surface area is 122 Å². The molecule has 2 aliphatic carbocycles. The van der Waals surface area contributed by atoms with Crippen molar-refractivity contribution in [1.82, 2.24) is 5.32 Å². The Balaban J connectivity index is 1.76. The molecular weight excluding hydrogens is 246 g/mol. The number of hydrogen-bond acceptors (Lipinski definition) is 2. The first kappa shape index (κ1) is 13.9. The lowest BCUT2D eigenvalue weighted by atomic mass is 9.86. The Morgan fingerprint density at radius 2 is 2.00 bits per heavy atom. The fourth-order valence-electron chi connectivity index (χ4n) is 3.95. The van der Waals surface area contributed by atoms with Crippen molar-refractivity contribution in [2.24, 2.45) is 11.8 Å². The van der Waals surface area contributed by atoms with E-state index in [9.17, 15) is 0 Å². The molecule has 110 valence electrons. The van der Waals surface area contributed by atoms with E-state index in [4.69, 9.17) is 4.74 Å². The largest absolute Gasteiger partial charge is 0.497 e. The number of rotatable bonds is 3. The van der Waals surface area contributed by atoms with E-state index < -0.39 is 0 Å². The molecule has 2 aliphatic rings. The summed E-state index contributed by atoms with van der Waals surface area (Å²) < 4.78 is 5.36. The minimum Gasteiger partial charge on any atom is -0.497 e. The van der Waals surface area contributed by atoms with E-state index in [2.05, 4.69) is 37.4 Å². The zero-order valence-corrected chi connectivity index (χ0v) is 13.0. The third-order valence-electron chi connectivity index (χ3n) is 5.54. The van der Waals surface area contributed by atoms with E-state index in [0.717, 1.165) is 17.6 Å². The molecule has 0 amide bonds. The van der Waals surface area contributed by atoms with Gasteiger partial charge in [0.25, 0.3) is 0 Å². The number of nitrogens with one attached hydrogen (secondary N) is 1. The fraction of sp³-hybridized carbons (Fsp3) is 0.667. The van der Waals surface area contributed by atoms with Crippen molar-refractivity contribution in [2.45, 2.75) is 58.0 Å². The van der Waals surface area contributed by atoms with Gasteiger partial charge < -0.3 is 10.1 Å². The van der Waals surface area contributed by atoms with Crippen LogP contribution in [0.5, 0.6) is 5.75 Å². The van der Waals surface area contributed by atoms with E-state index in [-0.39, 0.29) is 0 Å². The van der Waals surface area contributed by atoms with Crippen LogP contribution in [-0.2, 0) is 6.42 Å². The molecule has 20 heavy (non-hydrogen) atoms. The molecule has 3 rings (SSSR count). The van der Waals surface area contributed by atoms with Crippen LogP contribution in [0.3, 0.4) is 0 Å². The van der Waals surface area contributed by atoms with Crippen molar-refractivity contribution >= 4 is 0 Å². The second-order valence-corrected chi connectivity index (χ2v) is 6.70. The number of benzene rings is 1. The predicted octanol–water partition coefficient (Wildman–Crippen LogP) is 4.10. The Hall–Kier alpha value is -1.02. The van der Waals surface area contributed by atoms with Crippen molar-refractivity contribution in [3.63, 3.8) is 0 Å². The van der Waals surface area contributed by atoms with Gasteiger partial charge in [-0.05, 0) is 67.2 Å². The smallest absolute Gasteiger partial charge is 0.119 e. The van der Waals surface area contributed by atoms with Gasteiger partial charge in [0.05, 0.1) is 7.11 Å². The summed E-state index contributed by atoms with van der Waals surface area (Å²) in [7, 11) is 1.75. The normalized spacial score (nSPS) is 33.0. The molecule has 1 N–H and O–H groups in total. The number of ether oxygens (including phenoxy) is 1. The molecule has 0 bridgehead atoms. The molecule has 0 aliphatic heterocycles. The SMILES string of the molecule is COc1ccc2c(c1)CCCC2NC1CCC(C)C1C. The summed E-state index contributed by atoms with van der Waals surface area (Å²) >= 11 is 0. The van der Waals surface area contributed by atoms with Crippen LogP contribution in [0.2, 0.25) is 0 Å². The highest BCUT2D eigenvalue weighted by atomic mass is 16.5. The van der Waals surface area contributed by atoms with Gasteiger partial charge in [-0.25, -0.2) is 0 Å². The summed E-state index contributed by atoms with van der Waals surface area (Å²) in [6.07, 6.45) is 6.47. The topological polar surface area (TPSA) is 21.3 Å². The van der Waals surface area contributed by atoms with Gasteiger partial charge in [0.2, 0.25) is 0 Å². The van der Waals surface area contributed by atoms with Crippen molar-refractivity contribution < 1.29 is 4.74 Å². The highest BCUT2D eigenvalue weighted by Crippen LogP contribution is 2.36. The molecule has 2 heteroatoms. The Bertz CT molecular complexity index is 470. The monoisotopic (exact) mass is 273 g/mol. The molecule has 1 saturated carbocycles. The molecule has 0 saturated heterocycles. The van der Waals surface area contributed by atoms with Crippen LogP contribution >= 0.6 is 0 Å². The molecule has 1 aromatic carbocycles. The van der Waals surface area contributed by atoms with Crippen molar-refractivity contribution in [3.05, 3.63) is 29.3 Å². The highest BCUT2D eigenvalue weighted by molar-refractivity contribution is 5.39. The van der Waals surface area contributed by atoms with E-state index in [0.29, 0.717) is 12.1 Å². The first-order valence-electron chi connectivity index (χ1n) is 8.12. The lowest BCUT2D eigenvalue weighted by molar-refractivity contribution is 0.322. The lowest BCUT2D eigenvalue weighted by Crippen LogP contribution is -2.37. The van der Waals surface area contributed by atoms with E-state index >= 15 is 0 Å². The van der Waals surface area contributed by atoms with E-state index in [1.807, 2.05) is 0 Å². The van der Waals surface area contributed by atoms with Gasteiger partial charge in [-0.1, -0.05) is 19.9 Å². The van der Waals surface area contributed by atoms with Crippen LogP contribution in [-0.4, -0.2) is 13.2 Å². The molecule has 0 radical (unpaired) electrons. The van der Waals surface area contributed by atoms with Gasteiger partial charge in [0, 0.05) is 12.1 Å². The fourth-order valence-corrected chi connectivity index (χ4v) is 3.95.